The Balaban J connectivity index is 3.42. The minimum atomic E-state index is -2.18. The molecule has 0 aromatic rings. The third kappa shape index (κ3) is 4.08. The van der Waals surface area contributed by atoms with E-state index in [1.807, 2.05) is 0 Å². The summed E-state index contributed by atoms with van der Waals surface area (Å²) in [4.78, 5) is 46.0. The molecule has 1 heterocycles. The normalized spacial score (nSPS) is 32.6. The van der Waals surface area contributed by atoms with Gasteiger partial charge in [-0.1, -0.05) is 0 Å². The van der Waals surface area contributed by atoms with Crippen molar-refractivity contribution in [3.05, 3.63) is 0 Å². The smallest absolute Gasteiger partial charge is 0.303 e. The second kappa shape index (κ2) is 7.69. The van der Waals surface area contributed by atoms with Crippen molar-refractivity contribution in [2.45, 2.75) is 57.9 Å². The Morgan fingerprint density at radius 1 is 0.917 bits per heavy atom. The highest BCUT2D eigenvalue weighted by atomic mass is 16.7. The lowest BCUT2D eigenvalue weighted by molar-refractivity contribution is -0.320. The first-order valence-corrected chi connectivity index (χ1v) is 7.04. The number of aliphatic hydroxyl groups is 2. The highest BCUT2D eigenvalue weighted by Crippen LogP contribution is 2.35. The zero-order valence-corrected chi connectivity index (χ0v) is 13.7. The fourth-order valence-corrected chi connectivity index (χ4v) is 2.45. The van der Waals surface area contributed by atoms with Gasteiger partial charge in [-0.05, 0) is 6.92 Å². The monoisotopic (exact) mass is 348 g/mol. The Hall–Kier alpha value is -2.04. The lowest BCUT2D eigenvalue weighted by atomic mass is 9.83. The van der Waals surface area contributed by atoms with Crippen LogP contribution in [-0.2, 0) is 38.1 Å². The van der Waals surface area contributed by atoms with Gasteiger partial charge in [0, 0.05) is 20.8 Å². The molecule has 5 atom stereocenters. The molecule has 2 N–H and O–H groups in total. The summed E-state index contributed by atoms with van der Waals surface area (Å²) in [6.45, 7) is 3.17. The van der Waals surface area contributed by atoms with Crippen LogP contribution in [0.5, 0.6) is 0 Å². The first kappa shape index (κ1) is 20.0. The van der Waals surface area contributed by atoms with Gasteiger partial charge < -0.3 is 29.2 Å². The molecular weight excluding hydrogens is 328 g/mol. The zero-order valence-electron chi connectivity index (χ0n) is 13.7. The zero-order chi connectivity index (χ0) is 18.7. The Bertz CT molecular complexity index is 530. The number of carbonyl (C=O) groups excluding carboxylic acids is 4. The van der Waals surface area contributed by atoms with Gasteiger partial charge in [-0.2, -0.15) is 0 Å². The number of hydrogen-bond acceptors (Lipinski definition) is 10. The molecular formula is C14H20O10. The van der Waals surface area contributed by atoms with Crippen molar-refractivity contribution in [3.63, 3.8) is 0 Å². The molecule has 1 rings (SSSR count). The first-order valence-electron chi connectivity index (χ1n) is 7.04. The van der Waals surface area contributed by atoms with E-state index >= 15 is 0 Å². The van der Waals surface area contributed by atoms with Gasteiger partial charge >= 0.3 is 17.9 Å². The van der Waals surface area contributed by atoms with E-state index in [0.29, 0.717) is 0 Å². The van der Waals surface area contributed by atoms with Crippen molar-refractivity contribution < 1.29 is 48.3 Å². The molecule has 136 valence electrons. The summed E-state index contributed by atoms with van der Waals surface area (Å²) in [5, 5.41) is 19.7. The van der Waals surface area contributed by atoms with Crippen LogP contribution in [0.15, 0.2) is 0 Å². The summed E-state index contributed by atoms with van der Waals surface area (Å²) in [5.74, 6) is -3.33. The fourth-order valence-electron chi connectivity index (χ4n) is 2.45. The Labute approximate surface area is 137 Å². The highest BCUT2D eigenvalue weighted by Gasteiger charge is 2.61. The number of carbonyl (C=O) groups is 4. The molecule has 0 amide bonds. The average Bonchev–Trinajstić information content (AvgIpc) is 2.44. The van der Waals surface area contributed by atoms with Crippen molar-refractivity contribution in [2.75, 3.05) is 6.61 Å². The van der Waals surface area contributed by atoms with Crippen LogP contribution < -0.4 is 0 Å². The molecule has 0 aliphatic carbocycles. The molecule has 0 unspecified atom stereocenters. The summed E-state index contributed by atoms with van der Waals surface area (Å²) in [5.41, 5.74) is -2.18. The van der Waals surface area contributed by atoms with Crippen LogP contribution in [0.1, 0.15) is 27.7 Å². The molecule has 0 spiro atoms. The quantitative estimate of drug-likeness (QED) is 0.442. The van der Waals surface area contributed by atoms with Crippen LogP contribution in [-0.4, -0.2) is 70.7 Å². The van der Waals surface area contributed by atoms with E-state index in [1.165, 1.54) is 0 Å². The van der Waals surface area contributed by atoms with Gasteiger partial charge in [0.1, 0.15) is 0 Å². The summed E-state index contributed by atoms with van der Waals surface area (Å²) in [6, 6.07) is 0. The summed E-state index contributed by atoms with van der Waals surface area (Å²) in [6.07, 6.45) is -6.65. The molecule has 0 aromatic heterocycles. The molecule has 1 fully saturated rings. The molecule has 0 aromatic carbocycles. The number of Topliss-reactive ketones (excluding diaryl/α,β-unsaturated/α-hetero) is 1. The number of aliphatic hydroxyl groups excluding tert-OH is 2. The second-order valence-electron chi connectivity index (χ2n) is 5.29. The summed E-state index contributed by atoms with van der Waals surface area (Å²) >= 11 is 0. The maximum Gasteiger partial charge on any atom is 0.303 e. The summed E-state index contributed by atoms with van der Waals surface area (Å²) < 4.78 is 20.0. The third-order valence-electron chi connectivity index (χ3n) is 3.42. The molecule has 1 aliphatic heterocycles. The molecule has 10 heteroatoms. The number of esters is 3. The molecule has 1 aliphatic rings. The second-order valence-corrected chi connectivity index (χ2v) is 5.29. The van der Waals surface area contributed by atoms with Crippen molar-refractivity contribution in [1.82, 2.24) is 0 Å². The maximum atomic E-state index is 12.0. The minimum absolute atomic E-state index is 0.784. The van der Waals surface area contributed by atoms with Crippen LogP contribution >= 0.6 is 0 Å². The van der Waals surface area contributed by atoms with Gasteiger partial charge in [-0.15, -0.1) is 0 Å². The van der Waals surface area contributed by atoms with Crippen molar-refractivity contribution in [2.24, 2.45) is 0 Å². The van der Waals surface area contributed by atoms with Gasteiger partial charge in [0.25, 0.3) is 0 Å². The SMILES string of the molecule is CC(=O)O[C@@H]1[C@@H](OC(C)=O)[C@H](OC(C)=O)[C@](CO)(C(C)=O)O[C@@H]1O. The van der Waals surface area contributed by atoms with E-state index in [2.05, 4.69) is 0 Å². The molecule has 24 heavy (non-hydrogen) atoms. The minimum Gasteiger partial charge on any atom is -0.455 e. The predicted octanol–water partition coefficient (Wildman–Crippen LogP) is -1.55. The van der Waals surface area contributed by atoms with Crippen LogP contribution in [0.4, 0.5) is 0 Å². The molecule has 1 saturated heterocycles. The van der Waals surface area contributed by atoms with Crippen LogP contribution in [0.25, 0.3) is 0 Å². The Morgan fingerprint density at radius 3 is 1.75 bits per heavy atom. The standard InChI is InChI=1S/C14H20O10/c1-6(16)14(5-15)12(23-9(4)19)10(21-7(2)17)11(13(20)24-14)22-8(3)18/h10-13,15,20H,5H2,1-4H3/t10-,11-,12+,13+,14+/m1/s1. The molecule has 0 radical (unpaired) electrons. The van der Waals surface area contributed by atoms with Gasteiger partial charge in [0.05, 0.1) is 6.61 Å². The number of hydrogen-bond donors (Lipinski definition) is 2. The van der Waals surface area contributed by atoms with Gasteiger partial charge in [0.15, 0.2) is 36.0 Å². The van der Waals surface area contributed by atoms with Gasteiger partial charge in [-0.3, -0.25) is 19.2 Å². The van der Waals surface area contributed by atoms with E-state index in [9.17, 15) is 29.4 Å². The van der Waals surface area contributed by atoms with E-state index in [4.69, 9.17) is 18.9 Å². The number of ether oxygens (including phenoxy) is 4. The van der Waals surface area contributed by atoms with Crippen LogP contribution in [0, 0.1) is 0 Å². The highest BCUT2D eigenvalue weighted by molar-refractivity contribution is 5.87. The van der Waals surface area contributed by atoms with Crippen LogP contribution in [0.2, 0.25) is 0 Å². The van der Waals surface area contributed by atoms with E-state index in [1.54, 1.807) is 0 Å². The lowest BCUT2D eigenvalue weighted by Gasteiger charge is -2.48. The van der Waals surface area contributed by atoms with Gasteiger partial charge in [-0.25, -0.2) is 0 Å². The number of rotatable bonds is 5. The first-order chi connectivity index (χ1) is 11.0. The molecule has 0 bridgehead atoms. The largest absolute Gasteiger partial charge is 0.455 e. The van der Waals surface area contributed by atoms with E-state index < -0.39 is 60.5 Å². The average molecular weight is 348 g/mol. The predicted molar refractivity (Wildman–Crippen MR) is 74.3 cm³/mol. The Kier molecular flexibility index (Phi) is 6.41. The summed E-state index contributed by atoms with van der Waals surface area (Å²) in [7, 11) is 0. The van der Waals surface area contributed by atoms with E-state index in [0.717, 1.165) is 27.7 Å². The fraction of sp³-hybridized carbons (Fsp3) is 0.714. The van der Waals surface area contributed by atoms with Crippen molar-refractivity contribution in [3.8, 4) is 0 Å². The third-order valence-corrected chi connectivity index (χ3v) is 3.42. The molecule has 0 saturated carbocycles. The van der Waals surface area contributed by atoms with E-state index in [-0.39, 0.29) is 0 Å². The lowest BCUT2D eigenvalue weighted by Crippen LogP contribution is -2.70. The van der Waals surface area contributed by atoms with Crippen molar-refractivity contribution in [1.29, 1.82) is 0 Å². The maximum absolute atomic E-state index is 12.0. The Morgan fingerprint density at radius 2 is 1.38 bits per heavy atom. The van der Waals surface area contributed by atoms with Crippen molar-refractivity contribution >= 4 is 23.7 Å². The number of ketones is 1. The van der Waals surface area contributed by atoms with Crippen LogP contribution in [0.3, 0.4) is 0 Å². The van der Waals surface area contributed by atoms with Gasteiger partial charge in [0.2, 0.25) is 0 Å². The topological polar surface area (TPSA) is 146 Å². The molecule has 10 nitrogen and oxygen atoms in total.